The van der Waals surface area contributed by atoms with Crippen molar-refractivity contribution < 1.29 is 27.5 Å². The minimum absolute atomic E-state index is 0.0608. The van der Waals surface area contributed by atoms with Crippen LogP contribution in [0.15, 0.2) is 42.7 Å². The molecule has 1 saturated heterocycles. The first-order valence-electron chi connectivity index (χ1n) is 10.5. The molecule has 2 aromatic heterocycles. The van der Waals surface area contributed by atoms with E-state index in [2.05, 4.69) is 25.6 Å². The maximum Gasteiger partial charge on any atom is 0.346 e. The molecule has 1 aliphatic heterocycles. The van der Waals surface area contributed by atoms with E-state index < -0.39 is 23.5 Å². The third-order valence-corrected chi connectivity index (χ3v) is 5.17. The number of carbonyl (C=O) groups excluding carboxylic acids is 2. The van der Waals surface area contributed by atoms with E-state index in [1.54, 1.807) is 12.1 Å². The van der Waals surface area contributed by atoms with Crippen LogP contribution in [-0.4, -0.2) is 46.0 Å². The molecule has 1 amide bonds. The molecule has 9 nitrogen and oxygen atoms in total. The molecule has 0 unspecified atom stereocenters. The maximum atomic E-state index is 13.8. The zero-order chi connectivity index (χ0) is 24.2. The second-order valence-corrected chi connectivity index (χ2v) is 7.65. The Hall–Kier alpha value is -4.09. The highest BCUT2D eigenvalue weighted by molar-refractivity contribution is 5.90. The summed E-state index contributed by atoms with van der Waals surface area (Å²) in [6.45, 7) is 2.78. The zero-order valence-corrected chi connectivity index (χ0v) is 18.1. The molecule has 0 spiro atoms. The molecule has 0 atom stereocenters. The molecule has 1 aromatic carbocycles. The van der Waals surface area contributed by atoms with Gasteiger partial charge in [0.25, 0.3) is 0 Å². The number of benzene rings is 1. The minimum atomic E-state index is -1.31. The van der Waals surface area contributed by atoms with Crippen LogP contribution in [-0.2, 0) is 9.53 Å². The Morgan fingerprint density at radius 1 is 1.06 bits per heavy atom. The van der Waals surface area contributed by atoms with E-state index in [9.17, 15) is 22.8 Å². The summed E-state index contributed by atoms with van der Waals surface area (Å²) in [5.74, 6) is -3.01. The fourth-order valence-corrected chi connectivity index (χ4v) is 3.53. The smallest absolute Gasteiger partial charge is 0.346 e. The lowest BCUT2D eigenvalue weighted by molar-refractivity contribution is -0.147. The van der Waals surface area contributed by atoms with Crippen LogP contribution in [0, 0.1) is 17.5 Å². The first-order valence-corrected chi connectivity index (χ1v) is 10.5. The summed E-state index contributed by atoms with van der Waals surface area (Å²) in [4.78, 5) is 30.0. The molecule has 1 aliphatic rings. The molecule has 0 radical (unpaired) electrons. The van der Waals surface area contributed by atoms with Gasteiger partial charge in [-0.2, -0.15) is 4.68 Å². The highest BCUT2D eigenvalue weighted by Gasteiger charge is 2.22. The molecule has 3 aromatic rings. The second-order valence-electron chi connectivity index (χ2n) is 7.65. The second kappa shape index (κ2) is 9.81. The summed E-state index contributed by atoms with van der Waals surface area (Å²) in [6, 6.07) is 5.31. The number of piperidine rings is 1. The van der Waals surface area contributed by atoms with Crippen molar-refractivity contribution in [3.63, 3.8) is 0 Å². The number of aromatic nitrogens is 3. The number of pyridine rings is 1. The largest absolute Gasteiger partial charge is 0.462 e. The summed E-state index contributed by atoms with van der Waals surface area (Å²) < 4.78 is 46.4. The van der Waals surface area contributed by atoms with E-state index >= 15 is 0 Å². The minimum Gasteiger partial charge on any atom is -0.462 e. The van der Waals surface area contributed by atoms with Crippen LogP contribution in [0.1, 0.15) is 19.8 Å². The van der Waals surface area contributed by atoms with Crippen molar-refractivity contribution in [2.24, 2.45) is 0 Å². The summed E-state index contributed by atoms with van der Waals surface area (Å²) in [5, 5.41) is 9.09. The van der Waals surface area contributed by atoms with Gasteiger partial charge in [0.15, 0.2) is 17.5 Å². The fraction of sp³-hybridized carbons (Fsp3) is 0.273. The number of amides is 1. The average Bonchev–Trinajstić information content (AvgIpc) is 3.27. The van der Waals surface area contributed by atoms with Crippen molar-refractivity contribution in [3.8, 4) is 0 Å². The number of esters is 1. The Labute approximate surface area is 192 Å². The van der Waals surface area contributed by atoms with Gasteiger partial charge < -0.3 is 20.3 Å². The Bertz CT molecular complexity index is 1190. The summed E-state index contributed by atoms with van der Waals surface area (Å²) in [7, 11) is 0. The Morgan fingerprint density at radius 2 is 1.79 bits per heavy atom. The molecule has 0 saturated carbocycles. The Kier molecular flexibility index (Phi) is 6.66. The van der Waals surface area contributed by atoms with Gasteiger partial charge in [-0.1, -0.05) is 0 Å². The van der Waals surface area contributed by atoms with Gasteiger partial charge in [0.2, 0.25) is 0 Å². The quantitative estimate of drug-likeness (QED) is 0.425. The summed E-state index contributed by atoms with van der Waals surface area (Å²) in [5.41, 5.74) is 0.112. The zero-order valence-electron chi connectivity index (χ0n) is 18.1. The molecule has 12 heteroatoms. The third kappa shape index (κ3) is 5.45. The van der Waals surface area contributed by atoms with Gasteiger partial charge in [0.05, 0.1) is 17.6 Å². The SMILES string of the molecule is CC(=O)OC1CCN(c2ccc(NC(=O)n3ccc(Nc4cc(F)c(F)cc4F)n3)cn2)CC1. The van der Waals surface area contributed by atoms with Crippen LogP contribution in [0.4, 0.5) is 41.0 Å². The van der Waals surface area contributed by atoms with E-state index in [0.29, 0.717) is 43.8 Å². The summed E-state index contributed by atoms with van der Waals surface area (Å²) >= 11 is 0. The molecular weight excluding hydrogens is 453 g/mol. The molecular formula is C22H21F3N6O3. The molecule has 34 heavy (non-hydrogen) atoms. The Morgan fingerprint density at radius 3 is 2.47 bits per heavy atom. The first kappa shape index (κ1) is 23.1. The maximum absolute atomic E-state index is 13.8. The standard InChI is InChI=1S/C22H21F3N6O3/c1-13(32)34-15-4-7-30(8-5-15)21-3-2-14(12-26-21)27-22(33)31-9-6-20(29-31)28-19-11-17(24)16(23)10-18(19)25/h2-3,6,9-12,15H,4-5,7-8H2,1H3,(H,27,33)(H,28,29). The van der Waals surface area contributed by atoms with Gasteiger partial charge in [-0.15, -0.1) is 5.10 Å². The molecule has 1 fully saturated rings. The number of nitrogens with zero attached hydrogens (tertiary/aromatic N) is 4. The average molecular weight is 474 g/mol. The lowest BCUT2D eigenvalue weighted by atomic mass is 10.1. The van der Waals surface area contributed by atoms with Crippen LogP contribution in [0.2, 0.25) is 0 Å². The third-order valence-electron chi connectivity index (χ3n) is 5.17. The van der Waals surface area contributed by atoms with Gasteiger partial charge in [-0.25, -0.2) is 22.9 Å². The number of halogens is 3. The molecule has 4 rings (SSSR count). The van der Waals surface area contributed by atoms with Crippen LogP contribution < -0.4 is 15.5 Å². The molecule has 2 N–H and O–H groups in total. The van der Waals surface area contributed by atoms with Crippen LogP contribution >= 0.6 is 0 Å². The van der Waals surface area contributed by atoms with Gasteiger partial charge in [-0.05, 0) is 12.1 Å². The van der Waals surface area contributed by atoms with Gasteiger partial charge in [-0.3, -0.25) is 4.79 Å². The highest BCUT2D eigenvalue weighted by atomic mass is 19.2. The number of nitrogens with one attached hydrogen (secondary N) is 2. The number of anilines is 4. The van der Waals surface area contributed by atoms with Crippen molar-refractivity contribution in [1.29, 1.82) is 0 Å². The van der Waals surface area contributed by atoms with E-state index in [0.717, 1.165) is 10.5 Å². The predicted octanol–water partition coefficient (Wildman–Crippen LogP) is 4.05. The monoisotopic (exact) mass is 474 g/mol. The summed E-state index contributed by atoms with van der Waals surface area (Å²) in [6.07, 6.45) is 4.17. The normalized spacial score (nSPS) is 14.1. The number of hydrogen-bond acceptors (Lipinski definition) is 7. The molecule has 0 bridgehead atoms. The topological polar surface area (TPSA) is 101 Å². The van der Waals surface area contributed by atoms with Crippen LogP contribution in [0.5, 0.6) is 0 Å². The van der Waals surface area contributed by atoms with Gasteiger partial charge in [0, 0.05) is 57.3 Å². The van der Waals surface area contributed by atoms with Gasteiger partial charge >= 0.3 is 12.0 Å². The van der Waals surface area contributed by atoms with Crippen LogP contribution in [0.3, 0.4) is 0 Å². The number of hydrogen-bond donors (Lipinski definition) is 2. The van der Waals surface area contributed by atoms with E-state index in [-0.39, 0.29) is 23.6 Å². The van der Waals surface area contributed by atoms with Crippen LogP contribution in [0.25, 0.3) is 0 Å². The number of carbonyl (C=O) groups is 2. The fourth-order valence-electron chi connectivity index (χ4n) is 3.53. The van der Waals surface area contributed by atoms with E-state index in [1.807, 2.05) is 0 Å². The lowest BCUT2D eigenvalue weighted by Crippen LogP contribution is -2.38. The first-order chi connectivity index (χ1) is 16.3. The lowest BCUT2D eigenvalue weighted by Gasteiger charge is -2.32. The number of rotatable bonds is 5. The molecule has 0 aliphatic carbocycles. The van der Waals surface area contributed by atoms with E-state index in [1.165, 1.54) is 25.4 Å². The van der Waals surface area contributed by atoms with Crippen molar-refractivity contribution in [2.45, 2.75) is 25.9 Å². The predicted molar refractivity (Wildman–Crippen MR) is 117 cm³/mol. The Balaban J connectivity index is 1.33. The highest BCUT2D eigenvalue weighted by Crippen LogP contribution is 2.23. The van der Waals surface area contributed by atoms with Crippen molar-refractivity contribution in [2.75, 3.05) is 28.6 Å². The number of ether oxygens (including phenoxy) is 1. The van der Waals surface area contributed by atoms with Crippen molar-refractivity contribution in [3.05, 3.63) is 60.2 Å². The molecule has 3 heterocycles. The van der Waals surface area contributed by atoms with Gasteiger partial charge in [0.1, 0.15) is 17.7 Å². The van der Waals surface area contributed by atoms with Crippen molar-refractivity contribution in [1.82, 2.24) is 14.8 Å². The van der Waals surface area contributed by atoms with E-state index in [4.69, 9.17) is 4.74 Å². The molecule has 178 valence electrons. The van der Waals surface area contributed by atoms with Crippen molar-refractivity contribution >= 4 is 35.0 Å².